The molecule has 0 bridgehead atoms. The van der Waals surface area contributed by atoms with Crippen LogP contribution in [0.5, 0.6) is 0 Å². The summed E-state index contributed by atoms with van der Waals surface area (Å²) < 4.78 is 28.5. The number of imidazole rings is 1. The second kappa shape index (κ2) is 10.7. The topological polar surface area (TPSA) is 95.2 Å². The monoisotopic (exact) mass is 652 g/mol. The number of halogens is 2. The number of benzene rings is 2. The van der Waals surface area contributed by atoms with Crippen molar-refractivity contribution < 1.29 is 13.2 Å². The van der Waals surface area contributed by atoms with E-state index in [2.05, 4.69) is 48.2 Å². The van der Waals surface area contributed by atoms with Crippen molar-refractivity contribution >= 4 is 50.1 Å². The number of aromatic amines is 1. The molecule has 2 atom stereocenters. The summed E-state index contributed by atoms with van der Waals surface area (Å²) in [6.45, 7) is 4.37. The predicted molar refractivity (Wildman–Crippen MR) is 153 cm³/mol. The Morgan fingerprint density at radius 3 is 2.65 bits per heavy atom. The number of rotatable bonds is 7. The maximum Gasteiger partial charge on any atom is 0.240 e. The average Bonchev–Trinajstić information content (AvgIpc) is 3.46. The fourth-order valence-electron chi connectivity index (χ4n) is 5.38. The van der Waals surface area contributed by atoms with Crippen LogP contribution in [-0.2, 0) is 34.1 Å². The lowest BCUT2D eigenvalue weighted by molar-refractivity contribution is -0.133. The van der Waals surface area contributed by atoms with Gasteiger partial charge in [0, 0.05) is 45.3 Å². The van der Waals surface area contributed by atoms with Crippen LogP contribution in [0, 0.1) is 9.49 Å². The summed E-state index contributed by atoms with van der Waals surface area (Å²) in [4.78, 5) is 23.2. The van der Waals surface area contributed by atoms with E-state index in [0.29, 0.717) is 11.4 Å². The predicted octanol–water partition coefficient (Wildman–Crippen LogP) is 4.97. The molecule has 1 saturated heterocycles. The van der Waals surface area contributed by atoms with E-state index in [1.54, 1.807) is 44.4 Å². The van der Waals surface area contributed by atoms with E-state index in [-0.39, 0.29) is 28.8 Å². The van der Waals surface area contributed by atoms with Crippen molar-refractivity contribution in [1.29, 1.82) is 0 Å². The second-order valence-electron chi connectivity index (χ2n) is 10.2. The molecule has 37 heavy (non-hydrogen) atoms. The van der Waals surface area contributed by atoms with E-state index in [9.17, 15) is 13.2 Å². The van der Waals surface area contributed by atoms with Gasteiger partial charge in [-0.1, -0.05) is 23.7 Å². The molecule has 2 aromatic carbocycles. The number of H-pyrrole nitrogens is 1. The highest BCUT2D eigenvalue weighted by Gasteiger charge is 2.38. The molecule has 2 aliphatic rings. The van der Waals surface area contributed by atoms with Gasteiger partial charge >= 0.3 is 0 Å². The molecule has 1 unspecified atom stereocenters. The molecule has 1 amide bonds. The molecule has 196 valence electrons. The van der Waals surface area contributed by atoms with Gasteiger partial charge in [0.25, 0.3) is 0 Å². The highest BCUT2D eigenvalue weighted by Crippen LogP contribution is 2.35. The van der Waals surface area contributed by atoms with E-state index in [1.165, 1.54) is 0 Å². The van der Waals surface area contributed by atoms with Crippen molar-refractivity contribution in [2.24, 2.45) is 5.92 Å². The zero-order valence-corrected chi connectivity index (χ0v) is 24.5. The number of sulfonamides is 1. The molecule has 2 N–H and O–H groups in total. The third kappa shape index (κ3) is 5.60. The standard InChI is InChI=1S/C27H30ClIN4O3S/c1-16(2)32-37(35,36)21-6-3-17(4-7-21)19-12-23(28)22(24(29)13-19)11-18-9-10-33(27(18)34)20-5-8-25-26(14-20)31-15-30-25/h3-4,6-7,12-13,15-16,18,20,32H,5,8-11,14H2,1-2H3,(H,30,31)/t18-,20?/m0/s1. The van der Waals surface area contributed by atoms with Crippen LogP contribution < -0.4 is 4.72 Å². The van der Waals surface area contributed by atoms with Gasteiger partial charge < -0.3 is 9.88 Å². The Kier molecular flexibility index (Phi) is 7.68. The lowest BCUT2D eigenvalue weighted by atomic mass is 9.94. The number of amides is 1. The van der Waals surface area contributed by atoms with Gasteiger partial charge in [0.1, 0.15) is 0 Å². The summed E-state index contributed by atoms with van der Waals surface area (Å²) >= 11 is 9.04. The van der Waals surface area contributed by atoms with Gasteiger partial charge in [-0.2, -0.15) is 0 Å². The first-order chi connectivity index (χ1) is 17.6. The summed E-state index contributed by atoms with van der Waals surface area (Å²) in [6.07, 6.45) is 5.90. The minimum absolute atomic E-state index is 0.0713. The van der Waals surface area contributed by atoms with Crippen LogP contribution in [0.1, 0.15) is 43.6 Å². The Morgan fingerprint density at radius 1 is 1.19 bits per heavy atom. The molecule has 1 aliphatic heterocycles. The summed E-state index contributed by atoms with van der Waals surface area (Å²) in [5.41, 5.74) is 5.07. The SMILES string of the molecule is CC(C)NS(=O)(=O)c1ccc(-c2cc(Cl)c(C[C@@H]3CCN(C4CCc5nc[nH]c5C4)C3=O)c(I)c2)cc1. The van der Waals surface area contributed by atoms with Gasteiger partial charge in [-0.05, 0) is 103 Å². The van der Waals surface area contributed by atoms with Crippen molar-refractivity contribution in [2.45, 2.75) is 62.9 Å². The van der Waals surface area contributed by atoms with E-state index < -0.39 is 10.0 Å². The van der Waals surface area contributed by atoms with Crippen LogP contribution in [0.2, 0.25) is 5.02 Å². The van der Waals surface area contributed by atoms with E-state index in [1.807, 2.05) is 6.07 Å². The number of likely N-dealkylation sites (tertiary alicyclic amines) is 1. The fourth-order valence-corrected chi connectivity index (χ4v) is 7.93. The zero-order chi connectivity index (χ0) is 26.3. The van der Waals surface area contributed by atoms with Crippen molar-refractivity contribution in [1.82, 2.24) is 19.6 Å². The van der Waals surface area contributed by atoms with Crippen LogP contribution in [0.4, 0.5) is 0 Å². The lowest BCUT2D eigenvalue weighted by Crippen LogP contribution is -2.41. The Bertz CT molecular complexity index is 1400. The molecule has 1 aliphatic carbocycles. The van der Waals surface area contributed by atoms with E-state index in [0.717, 1.165) is 63.9 Å². The first-order valence-electron chi connectivity index (χ1n) is 12.5. The minimum Gasteiger partial charge on any atom is -0.348 e. The Balaban J connectivity index is 1.29. The molecule has 5 rings (SSSR count). The minimum atomic E-state index is -3.54. The molecule has 1 fully saturated rings. The summed E-state index contributed by atoms with van der Waals surface area (Å²) in [7, 11) is -3.54. The maximum absolute atomic E-state index is 13.4. The molecule has 0 saturated carbocycles. The van der Waals surface area contributed by atoms with Gasteiger partial charge in [0.15, 0.2) is 0 Å². The molecule has 3 aromatic rings. The molecule has 1 aromatic heterocycles. The largest absolute Gasteiger partial charge is 0.348 e. The number of aryl methyl sites for hydroxylation is 1. The number of aromatic nitrogens is 2. The Labute approximate surface area is 236 Å². The number of hydrogen-bond acceptors (Lipinski definition) is 4. The second-order valence-corrected chi connectivity index (χ2v) is 13.4. The number of carbonyl (C=O) groups excluding carboxylic acids is 1. The first-order valence-corrected chi connectivity index (χ1v) is 15.5. The fraction of sp³-hybridized carbons (Fsp3) is 0.407. The first kappa shape index (κ1) is 26.6. The molecular weight excluding hydrogens is 623 g/mol. The van der Waals surface area contributed by atoms with Crippen LogP contribution in [0.15, 0.2) is 47.6 Å². The highest BCUT2D eigenvalue weighted by atomic mass is 127. The number of fused-ring (bicyclic) bond motifs is 1. The summed E-state index contributed by atoms with van der Waals surface area (Å²) in [5.74, 6) is 0.147. The van der Waals surface area contributed by atoms with Crippen LogP contribution in [-0.4, -0.2) is 47.8 Å². The molecule has 10 heteroatoms. The van der Waals surface area contributed by atoms with Crippen molar-refractivity contribution in [2.75, 3.05) is 6.54 Å². The molecular formula is C27H30ClIN4O3S. The van der Waals surface area contributed by atoms with E-state index in [4.69, 9.17) is 11.6 Å². The van der Waals surface area contributed by atoms with Crippen molar-refractivity contribution in [3.63, 3.8) is 0 Å². The van der Waals surface area contributed by atoms with Crippen LogP contribution in [0.25, 0.3) is 11.1 Å². The number of nitrogens with one attached hydrogen (secondary N) is 2. The Hall–Kier alpha value is -1.95. The summed E-state index contributed by atoms with van der Waals surface area (Å²) in [5, 5.41) is 0.631. The smallest absolute Gasteiger partial charge is 0.240 e. The maximum atomic E-state index is 13.4. The number of hydrogen-bond donors (Lipinski definition) is 2. The van der Waals surface area contributed by atoms with Gasteiger partial charge in [-0.25, -0.2) is 18.1 Å². The van der Waals surface area contributed by atoms with Crippen molar-refractivity contribution in [3.05, 3.63) is 68.3 Å². The molecule has 0 spiro atoms. The van der Waals surface area contributed by atoms with Crippen LogP contribution in [0.3, 0.4) is 0 Å². The quantitative estimate of drug-likeness (QED) is 0.353. The van der Waals surface area contributed by atoms with Gasteiger partial charge in [-0.3, -0.25) is 4.79 Å². The normalized spacial score (nSPS) is 20.0. The van der Waals surface area contributed by atoms with Gasteiger partial charge in [0.05, 0.1) is 16.9 Å². The van der Waals surface area contributed by atoms with Gasteiger partial charge in [-0.15, -0.1) is 0 Å². The average molecular weight is 653 g/mol. The van der Waals surface area contributed by atoms with Crippen LogP contribution >= 0.6 is 34.2 Å². The Morgan fingerprint density at radius 2 is 1.95 bits per heavy atom. The van der Waals surface area contributed by atoms with Crippen molar-refractivity contribution in [3.8, 4) is 11.1 Å². The van der Waals surface area contributed by atoms with E-state index >= 15 is 0 Å². The molecule has 2 heterocycles. The lowest BCUT2D eigenvalue weighted by Gasteiger charge is -2.31. The number of carbonyl (C=O) groups is 1. The number of nitrogens with zero attached hydrogens (tertiary/aromatic N) is 2. The highest BCUT2D eigenvalue weighted by molar-refractivity contribution is 14.1. The van der Waals surface area contributed by atoms with Gasteiger partial charge in [0.2, 0.25) is 15.9 Å². The third-order valence-corrected chi connectivity index (χ3v) is 10.2. The summed E-state index contributed by atoms with van der Waals surface area (Å²) in [6, 6.07) is 10.8. The zero-order valence-electron chi connectivity index (χ0n) is 20.8. The third-order valence-electron chi connectivity index (χ3n) is 7.23. The molecule has 0 radical (unpaired) electrons. The molecule has 7 nitrogen and oxygen atoms in total.